The molecule has 0 N–H and O–H groups in total. The van der Waals surface area contributed by atoms with Crippen LogP contribution in [0.15, 0.2) is 41.5 Å². The van der Waals surface area contributed by atoms with E-state index in [1.165, 1.54) is 5.56 Å². The predicted octanol–water partition coefficient (Wildman–Crippen LogP) is 2.48. The Morgan fingerprint density at radius 1 is 1.20 bits per heavy atom. The highest BCUT2D eigenvalue weighted by Gasteiger charge is 1.93. The first kappa shape index (κ1) is 9.65. The maximum Gasteiger partial charge on any atom is 0.0789 e. The fourth-order valence-corrected chi connectivity index (χ4v) is 1.28. The zero-order valence-corrected chi connectivity index (χ0v) is 8.88. The van der Waals surface area contributed by atoms with Crippen LogP contribution in [0.5, 0.6) is 0 Å². The Bertz CT molecular complexity index is 466. The molecular weight excluding hydrogens is 186 g/mol. The van der Waals surface area contributed by atoms with Crippen LogP contribution in [0.3, 0.4) is 0 Å². The summed E-state index contributed by atoms with van der Waals surface area (Å²) in [5.41, 5.74) is 3.20. The molecular formula is C12H13N3. The van der Waals surface area contributed by atoms with Crippen LogP contribution in [0.25, 0.3) is 0 Å². The van der Waals surface area contributed by atoms with Crippen molar-refractivity contribution in [3.63, 3.8) is 0 Å². The monoisotopic (exact) mass is 199 g/mol. The van der Waals surface area contributed by atoms with Crippen LogP contribution in [-0.4, -0.2) is 16.0 Å². The standard InChI is InChI=1S/C12H13N3/c1-10-3-5-11(6-4-10)13-9-12-7-8-14-15(12)2/h3-9H,1-2H3. The molecule has 0 saturated carbocycles. The van der Waals surface area contributed by atoms with Gasteiger partial charge in [-0.2, -0.15) is 5.10 Å². The first-order valence-corrected chi connectivity index (χ1v) is 4.84. The van der Waals surface area contributed by atoms with E-state index in [0.29, 0.717) is 0 Å². The first-order chi connectivity index (χ1) is 7.25. The van der Waals surface area contributed by atoms with Crippen LogP contribution < -0.4 is 0 Å². The minimum absolute atomic E-state index is 0.960. The van der Waals surface area contributed by atoms with Crippen molar-refractivity contribution < 1.29 is 0 Å². The van der Waals surface area contributed by atoms with Crippen LogP contribution in [-0.2, 0) is 7.05 Å². The van der Waals surface area contributed by atoms with Gasteiger partial charge >= 0.3 is 0 Å². The molecule has 0 fully saturated rings. The van der Waals surface area contributed by atoms with Crippen LogP contribution in [0.1, 0.15) is 11.3 Å². The smallest absolute Gasteiger partial charge is 0.0789 e. The van der Waals surface area contributed by atoms with E-state index in [1.54, 1.807) is 10.9 Å². The number of hydrogen-bond acceptors (Lipinski definition) is 2. The van der Waals surface area contributed by atoms with Crippen molar-refractivity contribution in [1.29, 1.82) is 0 Å². The van der Waals surface area contributed by atoms with Crippen LogP contribution in [0.4, 0.5) is 5.69 Å². The second-order valence-corrected chi connectivity index (χ2v) is 3.47. The van der Waals surface area contributed by atoms with Crippen LogP contribution in [0.2, 0.25) is 0 Å². The highest BCUT2D eigenvalue weighted by molar-refractivity contribution is 5.79. The molecule has 1 aromatic heterocycles. The molecule has 2 aromatic rings. The Hall–Kier alpha value is -1.90. The fourth-order valence-electron chi connectivity index (χ4n) is 1.28. The SMILES string of the molecule is Cc1ccc(N=Cc2ccnn2C)cc1. The zero-order chi connectivity index (χ0) is 10.7. The summed E-state index contributed by atoms with van der Waals surface area (Å²) in [4.78, 5) is 4.36. The summed E-state index contributed by atoms with van der Waals surface area (Å²) in [7, 11) is 1.90. The van der Waals surface area contributed by atoms with Gasteiger partial charge in [-0.05, 0) is 25.1 Å². The Morgan fingerprint density at radius 2 is 1.93 bits per heavy atom. The molecule has 15 heavy (non-hydrogen) atoms. The lowest BCUT2D eigenvalue weighted by molar-refractivity contribution is 0.762. The Labute approximate surface area is 89.1 Å². The lowest BCUT2D eigenvalue weighted by Crippen LogP contribution is -1.95. The van der Waals surface area contributed by atoms with Gasteiger partial charge in [0.2, 0.25) is 0 Å². The van der Waals surface area contributed by atoms with Gasteiger partial charge in [0.05, 0.1) is 17.6 Å². The summed E-state index contributed by atoms with van der Waals surface area (Å²) < 4.78 is 1.79. The normalized spacial score (nSPS) is 11.1. The van der Waals surface area contributed by atoms with E-state index in [-0.39, 0.29) is 0 Å². The van der Waals surface area contributed by atoms with Gasteiger partial charge in [0.1, 0.15) is 0 Å². The average Bonchev–Trinajstić information content (AvgIpc) is 2.63. The molecule has 0 radical (unpaired) electrons. The van der Waals surface area contributed by atoms with Crippen LogP contribution in [0, 0.1) is 6.92 Å². The molecule has 0 aliphatic rings. The van der Waals surface area contributed by atoms with Crippen molar-refractivity contribution in [2.24, 2.45) is 12.0 Å². The molecule has 0 amide bonds. The molecule has 1 heterocycles. The molecule has 1 aromatic carbocycles. The maximum atomic E-state index is 4.36. The summed E-state index contributed by atoms with van der Waals surface area (Å²) in [6.45, 7) is 2.06. The molecule has 0 unspecified atom stereocenters. The molecule has 3 heteroatoms. The minimum Gasteiger partial charge on any atom is -0.267 e. The summed E-state index contributed by atoms with van der Waals surface area (Å²) >= 11 is 0. The number of benzene rings is 1. The van der Waals surface area contributed by atoms with Crippen LogP contribution >= 0.6 is 0 Å². The molecule has 76 valence electrons. The first-order valence-electron chi connectivity index (χ1n) is 4.84. The summed E-state index contributed by atoms with van der Waals surface area (Å²) in [5, 5.41) is 4.07. The lowest BCUT2D eigenvalue weighted by Gasteiger charge is -1.95. The Balaban J connectivity index is 2.19. The average molecular weight is 199 g/mol. The third-order valence-electron chi connectivity index (χ3n) is 2.24. The summed E-state index contributed by atoms with van der Waals surface area (Å²) in [6, 6.07) is 10.0. The molecule has 0 saturated heterocycles. The highest BCUT2D eigenvalue weighted by Crippen LogP contribution is 2.12. The predicted molar refractivity (Wildman–Crippen MR) is 61.6 cm³/mol. The molecule has 0 bridgehead atoms. The van der Waals surface area contributed by atoms with Crippen molar-refractivity contribution in [3.8, 4) is 0 Å². The van der Waals surface area contributed by atoms with E-state index >= 15 is 0 Å². The van der Waals surface area contributed by atoms with E-state index in [4.69, 9.17) is 0 Å². The topological polar surface area (TPSA) is 30.2 Å². The van der Waals surface area contributed by atoms with Gasteiger partial charge in [-0.3, -0.25) is 9.67 Å². The number of aryl methyl sites for hydroxylation is 2. The van der Waals surface area contributed by atoms with Crippen molar-refractivity contribution in [1.82, 2.24) is 9.78 Å². The van der Waals surface area contributed by atoms with E-state index in [2.05, 4.69) is 29.1 Å². The quantitative estimate of drug-likeness (QED) is 0.683. The van der Waals surface area contributed by atoms with Gasteiger partial charge in [-0.15, -0.1) is 0 Å². The Kier molecular flexibility index (Phi) is 2.63. The zero-order valence-electron chi connectivity index (χ0n) is 8.88. The third-order valence-corrected chi connectivity index (χ3v) is 2.24. The molecule has 0 aliphatic heterocycles. The molecule has 2 rings (SSSR count). The van der Waals surface area contributed by atoms with E-state index in [9.17, 15) is 0 Å². The number of aromatic nitrogens is 2. The van der Waals surface area contributed by atoms with Crippen molar-refractivity contribution >= 4 is 11.9 Å². The van der Waals surface area contributed by atoms with Gasteiger partial charge in [-0.1, -0.05) is 17.7 Å². The number of rotatable bonds is 2. The number of hydrogen-bond donors (Lipinski definition) is 0. The summed E-state index contributed by atoms with van der Waals surface area (Å²) in [5.74, 6) is 0. The Morgan fingerprint density at radius 3 is 2.53 bits per heavy atom. The van der Waals surface area contributed by atoms with Crippen molar-refractivity contribution in [2.45, 2.75) is 6.92 Å². The minimum atomic E-state index is 0.960. The van der Waals surface area contributed by atoms with Gasteiger partial charge in [0, 0.05) is 13.2 Å². The second kappa shape index (κ2) is 4.09. The van der Waals surface area contributed by atoms with Gasteiger partial charge < -0.3 is 0 Å². The van der Waals surface area contributed by atoms with Crippen molar-refractivity contribution in [2.75, 3.05) is 0 Å². The molecule has 0 aliphatic carbocycles. The lowest BCUT2D eigenvalue weighted by atomic mass is 10.2. The number of aliphatic imine (C=N–C) groups is 1. The van der Waals surface area contributed by atoms with E-state index in [0.717, 1.165) is 11.4 Å². The summed E-state index contributed by atoms with van der Waals surface area (Å²) in [6.07, 6.45) is 3.58. The molecule has 0 spiro atoms. The largest absolute Gasteiger partial charge is 0.267 e. The van der Waals surface area contributed by atoms with E-state index in [1.807, 2.05) is 31.5 Å². The highest BCUT2D eigenvalue weighted by atomic mass is 15.3. The van der Waals surface area contributed by atoms with Gasteiger partial charge in [-0.25, -0.2) is 0 Å². The van der Waals surface area contributed by atoms with E-state index < -0.39 is 0 Å². The second-order valence-electron chi connectivity index (χ2n) is 3.47. The van der Waals surface area contributed by atoms with Gasteiger partial charge in [0.25, 0.3) is 0 Å². The fraction of sp³-hybridized carbons (Fsp3) is 0.167. The maximum absolute atomic E-state index is 4.36. The molecule has 0 atom stereocenters. The third kappa shape index (κ3) is 2.31. The van der Waals surface area contributed by atoms with Gasteiger partial charge in [0.15, 0.2) is 0 Å². The van der Waals surface area contributed by atoms with Crippen molar-refractivity contribution in [3.05, 3.63) is 47.8 Å². The number of nitrogens with zero attached hydrogens (tertiary/aromatic N) is 3. The molecule has 3 nitrogen and oxygen atoms in total.